The van der Waals surface area contributed by atoms with Gasteiger partial charge in [0.15, 0.2) is 0 Å². The van der Waals surface area contributed by atoms with Crippen molar-refractivity contribution in [3.63, 3.8) is 0 Å². The van der Waals surface area contributed by atoms with E-state index in [1.807, 2.05) is 0 Å². The average molecular weight is 254 g/mol. The van der Waals surface area contributed by atoms with Crippen LogP contribution in [0.4, 0.5) is 0 Å². The average Bonchev–Trinajstić information content (AvgIpc) is 3.23. The smallest absolute Gasteiger partial charge is 0.0772 e. The van der Waals surface area contributed by atoms with E-state index in [1.165, 1.54) is 44.9 Å². The highest BCUT2D eigenvalue weighted by atomic mass is 16.5. The van der Waals surface area contributed by atoms with E-state index in [-0.39, 0.29) is 0 Å². The maximum absolute atomic E-state index is 6.02. The molecule has 2 aliphatic rings. The molecule has 0 aromatic carbocycles. The highest BCUT2D eigenvalue weighted by molar-refractivity contribution is 4.95. The first kappa shape index (κ1) is 14.3. The van der Waals surface area contributed by atoms with E-state index in [0.717, 1.165) is 18.4 Å². The second-order valence-electron chi connectivity index (χ2n) is 6.07. The molecule has 0 aromatic rings. The molecule has 0 amide bonds. The number of hydrogen-bond acceptors (Lipinski definition) is 3. The van der Waals surface area contributed by atoms with Crippen molar-refractivity contribution in [2.75, 3.05) is 6.61 Å². The lowest BCUT2D eigenvalue weighted by molar-refractivity contribution is -0.0138. The highest BCUT2D eigenvalue weighted by Gasteiger charge is 2.42. The van der Waals surface area contributed by atoms with Crippen molar-refractivity contribution in [1.82, 2.24) is 5.43 Å². The van der Waals surface area contributed by atoms with Gasteiger partial charge < -0.3 is 4.74 Å². The first-order valence-corrected chi connectivity index (χ1v) is 7.89. The van der Waals surface area contributed by atoms with Crippen LogP contribution in [0.3, 0.4) is 0 Å². The molecule has 2 fully saturated rings. The molecular weight excluding hydrogens is 224 g/mol. The molecule has 3 nitrogen and oxygen atoms in total. The minimum atomic E-state index is 0.345. The SMILES string of the molecule is CCOC(C1CC1)C(NN)C1CCCCC1CC. The number of rotatable bonds is 7. The Balaban J connectivity index is 2.04. The van der Waals surface area contributed by atoms with Gasteiger partial charge in [-0.2, -0.15) is 0 Å². The molecule has 4 atom stereocenters. The van der Waals surface area contributed by atoms with Gasteiger partial charge in [-0.1, -0.05) is 32.6 Å². The summed E-state index contributed by atoms with van der Waals surface area (Å²) in [6, 6.07) is 0.364. The van der Waals surface area contributed by atoms with E-state index in [0.29, 0.717) is 18.1 Å². The van der Waals surface area contributed by atoms with Gasteiger partial charge in [0.2, 0.25) is 0 Å². The fraction of sp³-hybridized carbons (Fsp3) is 1.00. The van der Waals surface area contributed by atoms with Crippen LogP contribution in [-0.2, 0) is 4.74 Å². The monoisotopic (exact) mass is 254 g/mol. The molecule has 0 spiro atoms. The third-order valence-electron chi connectivity index (χ3n) is 4.95. The molecule has 2 rings (SSSR count). The van der Waals surface area contributed by atoms with E-state index in [1.54, 1.807) is 0 Å². The van der Waals surface area contributed by atoms with Gasteiger partial charge in [0.05, 0.1) is 12.1 Å². The lowest BCUT2D eigenvalue weighted by Gasteiger charge is -2.40. The van der Waals surface area contributed by atoms with Crippen LogP contribution >= 0.6 is 0 Å². The largest absolute Gasteiger partial charge is 0.377 e. The van der Waals surface area contributed by atoms with Gasteiger partial charge in [-0.15, -0.1) is 0 Å². The van der Waals surface area contributed by atoms with Crippen molar-refractivity contribution >= 4 is 0 Å². The number of nitrogens with one attached hydrogen (secondary N) is 1. The van der Waals surface area contributed by atoms with Crippen LogP contribution in [0.25, 0.3) is 0 Å². The summed E-state index contributed by atoms with van der Waals surface area (Å²) in [6.45, 7) is 5.23. The summed E-state index contributed by atoms with van der Waals surface area (Å²) < 4.78 is 6.02. The molecular formula is C15H30N2O. The first-order valence-electron chi connectivity index (χ1n) is 7.89. The second-order valence-corrected chi connectivity index (χ2v) is 6.07. The zero-order chi connectivity index (χ0) is 13.0. The third-order valence-corrected chi connectivity index (χ3v) is 4.95. The lowest BCUT2D eigenvalue weighted by atomic mass is 9.72. The predicted molar refractivity (Wildman–Crippen MR) is 75.0 cm³/mol. The summed E-state index contributed by atoms with van der Waals surface area (Å²) in [4.78, 5) is 0. The number of hydrazine groups is 1. The van der Waals surface area contributed by atoms with Crippen LogP contribution in [0, 0.1) is 17.8 Å². The van der Waals surface area contributed by atoms with Crippen LogP contribution in [0.1, 0.15) is 58.8 Å². The Morgan fingerprint density at radius 3 is 2.44 bits per heavy atom. The van der Waals surface area contributed by atoms with Crippen LogP contribution in [0.5, 0.6) is 0 Å². The quantitative estimate of drug-likeness (QED) is 0.542. The molecule has 0 radical (unpaired) electrons. The van der Waals surface area contributed by atoms with Crippen molar-refractivity contribution < 1.29 is 4.74 Å². The van der Waals surface area contributed by atoms with Gasteiger partial charge in [-0.3, -0.25) is 11.3 Å². The van der Waals surface area contributed by atoms with Gasteiger partial charge in [0, 0.05) is 6.61 Å². The fourth-order valence-electron chi connectivity index (χ4n) is 3.83. The number of hydrogen-bond donors (Lipinski definition) is 2. The summed E-state index contributed by atoms with van der Waals surface area (Å²) in [5, 5.41) is 0. The maximum atomic E-state index is 6.02. The zero-order valence-corrected chi connectivity index (χ0v) is 12.0. The minimum absolute atomic E-state index is 0.345. The molecule has 2 saturated carbocycles. The Morgan fingerprint density at radius 2 is 1.89 bits per heavy atom. The van der Waals surface area contributed by atoms with Crippen LogP contribution < -0.4 is 11.3 Å². The fourth-order valence-corrected chi connectivity index (χ4v) is 3.83. The minimum Gasteiger partial charge on any atom is -0.377 e. The highest BCUT2D eigenvalue weighted by Crippen LogP contribution is 2.42. The third kappa shape index (κ3) is 3.25. The molecule has 3 N–H and O–H groups in total. The predicted octanol–water partition coefficient (Wildman–Crippen LogP) is 2.85. The van der Waals surface area contributed by atoms with E-state index in [9.17, 15) is 0 Å². The molecule has 0 saturated heterocycles. The molecule has 106 valence electrons. The van der Waals surface area contributed by atoms with Crippen molar-refractivity contribution in [3.05, 3.63) is 0 Å². The molecule has 18 heavy (non-hydrogen) atoms. The zero-order valence-electron chi connectivity index (χ0n) is 12.0. The standard InChI is InChI=1S/C15H30N2O/c1-3-11-7-5-6-8-13(11)14(17-16)15(18-4-2)12-9-10-12/h11-15,17H,3-10,16H2,1-2H3. The molecule has 0 aromatic heterocycles. The molecule has 2 aliphatic carbocycles. The van der Waals surface area contributed by atoms with Gasteiger partial charge >= 0.3 is 0 Å². The van der Waals surface area contributed by atoms with Gasteiger partial charge in [-0.05, 0) is 43.9 Å². The Hall–Kier alpha value is -0.120. The second kappa shape index (κ2) is 6.88. The first-order chi connectivity index (χ1) is 8.81. The van der Waals surface area contributed by atoms with Crippen molar-refractivity contribution in [1.29, 1.82) is 0 Å². The lowest BCUT2D eigenvalue weighted by Crippen LogP contribution is -2.53. The van der Waals surface area contributed by atoms with Crippen LogP contribution in [0.15, 0.2) is 0 Å². The topological polar surface area (TPSA) is 47.3 Å². The summed E-state index contributed by atoms with van der Waals surface area (Å²) in [7, 11) is 0. The normalized spacial score (nSPS) is 32.2. The molecule has 0 bridgehead atoms. The summed E-state index contributed by atoms with van der Waals surface area (Å²) in [5.74, 6) is 8.19. The number of nitrogens with two attached hydrogens (primary N) is 1. The van der Waals surface area contributed by atoms with E-state index < -0.39 is 0 Å². The van der Waals surface area contributed by atoms with Crippen molar-refractivity contribution in [2.24, 2.45) is 23.6 Å². The van der Waals surface area contributed by atoms with Gasteiger partial charge in [-0.25, -0.2) is 0 Å². The van der Waals surface area contributed by atoms with Gasteiger partial charge in [0.25, 0.3) is 0 Å². The Morgan fingerprint density at radius 1 is 1.17 bits per heavy atom. The van der Waals surface area contributed by atoms with E-state index >= 15 is 0 Å². The van der Waals surface area contributed by atoms with Crippen LogP contribution in [0.2, 0.25) is 0 Å². The Bertz CT molecular complexity index is 243. The molecule has 3 heteroatoms. The van der Waals surface area contributed by atoms with Crippen molar-refractivity contribution in [3.8, 4) is 0 Å². The van der Waals surface area contributed by atoms with E-state index in [4.69, 9.17) is 10.6 Å². The van der Waals surface area contributed by atoms with Crippen molar-refractivity contribution in [2.45, 2.75) is 70.9 Å². The Labute approximate surface area is 112 Å². The van der Waals surface area contributed by atoms with E-state index in [2.05, 4.69) is 19.3 Å². The van der Waals surface area contributed by atoms with Crippen LogP contribution in [-0.4, -0.2) is 18.8 Å². The van der Waals surface area contributed by atoms with Gasteiger partial charge in [0.1, 0.15) is 0 Å². The number of ether oxygens (including phenoxy) is 1. The summed E-state index contributed by atoms with van der Waals surface area (Å²) in [6.07, 6.45) is 9.74. The Kier molecular flexibility index (Phi) is 5.46. The molecule has 0 aliphatic heterocycles. The molecule has 0 heterocycles. The maximum Gasteiger partial charge on any atom is 0.0772 e. The summed E-state index contributed by atoms with van der Waals surface area (Å²) in [5.41, 5.74) is 3.12. The summed E-state index contributed by atoms with van der Waals surface area (Å²) >= 11 is 0. The molecule has 4 unspecified atom stereocenters.